The van der Waals surface area contributed by atoms with Gasteiger partial charge in [-0.25, -0.2) is 4.98 Å². The largest absolute Gasteiger partial charge is 0.497 e. The number of imidazole rings is 1. The van der Waals surface area contributed by atoms with Crippen molar-refractivity contribution >= 4 is 22.6 Å². The van der Waals surface area contributed by atoms with Crippen LogP contribution in [0.2, 0.25) is 0 Å². The summed E-state index contributed by atoms with van der Waals surface area (Å²) in [5.74, 6) is -0.911. The number of halogens is 3. The van der Waals surface area contributed by atoms with Crippen LogP contribution in [-0.2, 0) is 12.6 Å². The zero-order valence-corrected chi connectivity index (χ0v) is 17.4. The first kappa shape index (κ1) is 21.4. The molecule has 0 radical (unpaired) electrons. The van der Waals surface area contributed by atoms with Gasteiger partial charge in [0, 0.05) is 23.0 Å². The number of ether oxygens (including phenoxy) is 1. The molecule has 1 aromatic heterocycles. The van der Waals surface area contributed by atoms with Crippen LogP contribution in [0.15, 0.2) is 66.7 Å². The highest BCUT2D eigenvalue weighted by Crippen LogP contribution is 2.35. The first-order chi connectivity index (χ1) is 15.3. The third kappa shape index (κ3) is 4.16. The molecule has 5 nitrogen and oxygen atoms in total. The summed E-state index contributed by atoms with van der Waals surface area (Å²) in [6.45, 7) is 2.03. The molecule has 1 heterocycles. The summed E-state index contributed by atoms with van der Waals surface area (Å²) in [6, 6.07) is 18.0. The fourth-order valence-electron chi connectivity index (χ4n) is 3.43. The van der Waals surface area contributed by atoms with E-state index in [-0.39, 0.29) is 17.1 Å². The Morgan fingerprint density at radius 1 is 1.03 bits per heavy atom. The number of methoxy groups -OCH3 is 1. The van der Waals surface area contributed by atoms with Gasteiger partial charge in [-0.1, -0.05) is 19.1 Å². The molecule has 0 saturated carbocycles. The number of benzene rings is 3. The van der Waals surface area contributed by atoms with Crippen molar-refractivity contribution in [2.45, 2.75) is 19.5 Å². The molecule has 164 valence electrons. The van der Waals surface area contributed by atoms with Crippen molar-refractivity contribution in [3.05, 3.63) is 83.7 Å². The minimum Gasteiger partial charge on any atom is -0.497 e. The molecule has 0 aliphatic carbocycles. The molecule has 0 aliphatic rings. The maximum Gasteiger partial charge on any atom is 0.450 e. The van der Waals surface area contributed by atoms with E-state index in [2.05, 4.69) is 10.3 Å². The van der Waals surface area contributed by atoms with Crippen LogP contribution in [0, 0.1) is 0 Å². The lowest BCUT2D eigenvalue weighted by molar-refractivity contribution is -0.145. The molecular weight excluding hydrogens is 419 g/mol. The molecule has 1 N–H and O–H groups in total. The topological polar surface area (TPSA) is 56.2 Å². The molecule has 0 bridgehead atoms. The van der Waals surface area contributed by atoms with Crippen LogP contribution in [0.5, 0.6) is 5.75 Å². The lowest BCUT2D eigenvalue weighted by Crippen LogP contribution is -2.14. The quantitative estimate of drug-likeness (QED) is 0.423. The number of aryl methyl sites for hydroxylation is 1. The lowest BCUT2D eigenvalue weighted by atomic mass is 10.1. The van der Waals surface area contributed by atoms with E-state index in [1.807, 2.05) is 19.1 Å². The number of carbonyl (C=O) groups excluding carboxylic acids is 1. The van der Waals surface area contributed by atoms with Gasteiger partial charge in [0.25, 0.3) is 5.91 Å². The highest BCUT2D eigenvalue weighted by molar-refractivity contribution is 6.04. The zero-order chi connectivity index (χ0) is 22.9. The number of nitrogens with one attached hydrogen (secondary N) is 1. The van der Waals surface area contributed by atoms with Crippen molar-refractivity contribution in [3.63, 3.8) is 0 Å². The Bertz CT molecular complexity index is 1260. The first-order valence-corrected chi connectivity index (χ1v) is 9.94. The second-order valence-electron chi connectivity index (χ2n) is 7.17. The average Bonchev–Trinajstić information content (AvgIpc) is 3.19. The smallest absolute Gasteiger partial charge is 0.450 e. The van der Waals surface area contributed by atoms with Crippen LogP contribution >= 0.6 is 0 Å². The van der Waals surface area contributed by atoms with Crippen molar-refractivity contribution in [1.82, 2.24) is 9.55 Å². The first-order valence-electron chi connectivity index (χ1n) is 9.94. The SMILES string of the molecule is CCc1ccc(C(=O)Nc2ccc(-n3c(C(F)(F)F)nc4cc(OC)ccc43)cc2)cc1. The summed E-state index contributed by atoms with van der Waals surface area (Å²) in [7, 11) is 1.44. The fourth-order valence-corrected chi connectivity index (χ4v) is 3.43. The van der Waals surface area contributed by atoms with E-state index in [1.165, 1.54) is 31.4 Å². The molecule has 0 spiro atoms. The van der Waals surface area contributed by atoms with Gasteiger partial charge < -0.3 is 10.1 Å². The van der Waals surface area contributed by atoms with Crippen molar-refractivity contribution in [2.75, 3.05) is 12.4 Å². The Labute approximate surface area is 182 Å². The third-order valence-corrected chi connectivity index (χ3v) is 5.12. The van der Waals surface area contributed by atoms with Gasteiger partial charge in [0.1, 0.15) is 5.75 Å². The van der Waals surface area contributed by atoms with E-state index >= 15 is 0 Å². The van der Waals surface area contributed by atoms with E-state index in [9.17, 15) is 18.0 Å². The number of alkyl halides is 3. The van der Waals surface area contributed by atoms with Crippen molar-refractivity contribution in [1.29, 1.82) is 0 Å². The summed E-state index contributed by atoms with van der Waals surface area (Å²) in [6.07, 6.45) is -3.78. The number of fused-ring (bicyclic) bond motifs is 1. The van der Waals surface area contributed by atoms with Gasteiger partial charge in [0.05, 0.1) is 18.1 Å². The minimum absolute atomic E-state index is 0.171. The number of carbonyl (C=O) groups is 1. The standard InChI is InChI=1S/C24H20F3N3O2/c1-3-15-4-6-16(7-5-15)22(31)28-17-8-10-18(11-9-17)30-21-13-12-19(32-2)14-20(21)29-23(30)24(25,26)27/h4-14H,3H2,1-2H3,(H,28,31). The predicted molar refractivity (Wildman–Crippen MR) is 116 cm³/mol. The number of aromatic nitrogens is 2. The van der Waals surface area contributed by atoms with Gasteiger partial charge in [-0.3, -0.25) is 9.36 Å². The maximum absolute atomic E-state index is 13.7. The molecule has 0 saturated heterocycles. The number of hydrogen-bond donors (Lipinski definition) is 1. The number of nitrogens with zero attached hydrogens (tertiary/aromatic N) is 2. The second kappa shape index (κ2) is 8.37. The Hall–Kier alpha value is -3.81. The van der Waals surface area contributed by atoms with E-state index in [1.54, 1.807) is 30.3 Å². The number of anilines is 1. The van der Waals surface area contributed by atoms with Gasteiger partial charge in [-0.2, -0.15) is 13.2 Å². The van der Waals surface area contributed by atoms with E-state index in [0.717, 1.165) is 16.6 Å². The highest BCUT2D eigenvalue weighted by Gasteiger charge is 2.38. The van der Waals surface area contributed by atoms with E-state index < -0.39 is 12.0 Å². The third-order valence-electron chi connectivity index (χ3n) is 5.12. The van der Waals surface area contributed by atoms with Crippen molar-refractivity contribution in [2.24, 2.45) is 0 Å². The number of amides is 1. The van der Waals surface area contributed by atoms with Crippen LogP contribution in [0.25, 0.3) is 16.7 Å². The zero-order valence-electron chi connectivity index (χ0n) is 17.4. The molecule has 0 atom stereocenters. The van der Waals surface area contributed by atoms with Crippen LogP contribution in [0.1, 0.15) is 28.7 Å². The average molecular weight is 439 g/mol. The summed E-state index contributed by atoms with van der Waals surface area (Å²) in [4.78, 5) is 16.2. The minimum atomic E-state index is -4.65. The highest BCUT2D eigenvalue weighted by atomic mass is 19.4. The van der Waals surface area contributed by atoms with E-state index in [4.69, 9.17) is 4.74 Å². The molecule has 4 rings (SSSR count). The molecular formula is C24H20F3N3O2. The Kier molecular flexibility index (Phi) is 5.61. The molecule has 0 fully saturated rings. The molecule has 0 unspecified atom stereocenters. The summed E-state index contributed by atoms with van der Waals surface area (Å²) in [5.41, 5.74) is 2.83. The van der Waals surface area contributed by atoms with Gasteiger partial charge in [-0.05, 0) is 60.5 Å². The molecule has 1 amide bonds. The Morgan fingerprint density at radius 3 is 2.31 bits per heavy atom. The van der Waals surface area contributed by atoms with Crippen LogP contribution < -0.4 is 10.1 Å². The van der Waals surface area contributed by atoms with Crippen molar-refractivity contribution < 1.29 is 22.7 Å². The predicted octanol–water partition coefficient (Wildman–Crippen LogP) is 5.87. The summed E-state index contributed by atoms with van der Waals surface area (Å²) < 4.78 is 47.2. The van der Waals surface area contributed by atoms with Gasteiger partial charge in [0.15, 0.2) is 0 Å². The lowest BCUT2D eigenvalue weighted by Gasteiger charge is -2.13. The van der Waals surface area contributed by atoms with E-state index in [0.29, 0.717) is 22.5 Å². The molecule has 4 aromatic rings. The summed E-state index contributed by atoms with van der Waals surface area (Å²) >= 11 is 0. The molecule has 32 heavy (non-hydrogen) atoms. The van der Waals surface area contributed by atoms with Gasteiger partial charge in [0.2, 0.25) is 5.82 Å². The number of rotatable bonds is 5. The van der Waals surface area contributed by atoms with Crippen LogP contribution in [-0.4, -0.2) is 22.6 Å². The molecule has 3 aromatic carbocycles. The maximum atomic E-state index is 13.7. The van der Waals surface area contributed by atoms with Crippen LogP contribution in [0.3, 0.4) is 0 Å². The molecule has 8 heteroatoms. The Balaban J connectivity index is 1.65. The normalized spacial score (nSPS) is 11.5. The Morgan fingerprint density at radius 2 is 1.72 bits per heavy atom. The number of hydrogen-bond acceptors (Lipinski definition) is 3. The van der Waals surface area contributed by atoms with Crippen molar-refractivity contribution in [3.8, 4) is 11.4 Å². The van der Waals surface area contributed by atoms with Crippen LogP contribution in [0.4, 0.5) is 18.9 Å². The monoisotopic (exact) mass is 439 g/mol. The second-order valence-corrected chi connectivity index (χ2v) is 7.17. The fraction of sp³-hybridized carbons (Fsp3) is 0.167. The summed E-state index contributed by atoms with van der Waals surface area (Å²) in [5, 5.41) is 2.76. The molecule has 0 aliphatic heterocycles. The van der Waals surface area contributed by atoms with Gasteiger partial charge >= 0.3 is 6.18 Å². The van der Waals surface area contributed by atoms with Gasteiger partial charge in [-0.15, -0.1) is 0 Å².